The van der Waals surface area contributed by atoms with Crippen LogP contribution in [0.2, 0.25) is 5.02 Å². The first-order chi connectivity index (χ1) is 6.61. The van der Waals surface area contributed by atoms with Gasteiger partial charge in [0.15, 0.2) is 0 Å². The molecular weight excluding hydrogens is 201 g/mol. The highest BCUT2D eigenvalue weighted by molar-refractivity contribution is 6.31. The van der Waals surface area contributed by atoms with Crippen molar-refractivity contribution in [3.8, 4) is 0 Å². The van der Waals surface area contributed by atoms with Crippen LogP contribution in [0.5, 0.6) is 0 Å². The Bertz CT molecular complexity index is 316. The lowest BCUT2D eigenvalue weighted by Crippen LogP contribution is -2.16. The lowest BCUT2D eigenvalue weighted by atomic mass is 10.2. The third-order valence-electron chi connectivity index (χ3n) is 1.79. The highest BCUT2D eigenvalue weighted by Gasteiger charge is 2.05. The monoisotopic (exact) mass is 213 g/mol. The highest BCUT2D eigenvalue weighted by atomic mass is 35.5. The van der Waals surface area contributed by atoms with Crippen molar-refractivity contribution < 1.29 is 4.39 Å². The van der Waals surface area contributed by atoms with Gasteiger partial charge in [0.1, 0.15) is 5.82 Å². The molecule has 14 heavy (non-hydrogen) atoms. The maximum Gasteiger partial charge on any atom is 0.129 e. The second-order valence-corrected chi connectivity index (χ2v) is 3.67. The summed E-state index contributed by atoms with van der Waals surface area (Å²) < 4.78 is 13.2. The fourth-order valence-electron chi connectivity index (χ4n) is 1.10. The Labute approximate surface area is 88.6 Å². The third kappa shape index (κ3) is 3.13. The van der Waals surface area contributed by atoms with Gasteiger partial charge in [0, 0.05) is 23.7 Å². The normalized spacial score (nSPS) is 10.2. The van der Waals surface area contributed by atoms with E-state index in [1.807, 2.05) is 6.92 Å². The van der Waals surface area contributed by atoms with Crippen LogP contribution >= 0.6 is 11.6 Å². The maximum absolute atomic E-state index is 13.2. The molecule has 0 aliphatic rings. The molecule has 1 rings (SSSR count). The van der Waals surface area contributed by atoms with Crippen LogP contribution in [0.4, 0.5) is 4.39 Å². The molecule has 0 spiro atoms. The Balaban J connectivity index is 2.62. The molecular formula is C11H13ClFN. The summed E-state index contributed by atoms with van der Waals surface area (Å²) in [6, 6.07) is 4.69. The van der Waals surface area contributed by atoms with Gasteiger partial charge in [-0.1, -0.05) is 29.8 Å². The molecule has 0 unspecified atom stereocenters. The summed E-state index contributed by atoms with van der Waals surface area (Å²) in [5.41, 5.74) is 1.52. The van der Waals surface area contributed by atoms with Gasteiger partial charge in [0.25, 0.3) is 0 Å². The Morgan fingerprint density at radius 2 is 2.29 bits per heavy atom. The van der Waals surface area contributed by atoms with Crippen LogP contribution in [-0.2, 0) is 6.54 Å². The lowest BCUT2D eigenvalue weighted by Gasteiger charge is -2.07. The molecule has 1 N–H and O–H groups in total. The predicted octanol–water partition coefficient (Wildman–Crippen LogP) is 3.14. The van der Waals surface area contributed by atoms with Gasteiger partial charge in [-0.3, -0.25) is 0 Å². The smallest absolute Gasteiger partial charge is 0.129 e. The molecule has 1 aromatic rings. The summed E-state index contributed by atoms with van der Waals surface area (Å²) in [6.07, 6.45) is 0. The first-order valence-electron chi connectivity index (χ1n) is 4.39. The van der Waals surface area contributed by atoms with Crippen molar-refractivity contribution in [1.82, 2.24) is 5.32 Å². The second kappa shape index (κ2) is 5.13. The van der Waals surface area contributed by atoms with Crippen molar-refractivity contribution in [2.24, 2.45) is 0 Å². The summed E-state index contributed by atoms with van der Waals surface area (Å²) in [5, 5.41) is 3.52. The maximum atomic E-state index is 13.2. The molecule has 3 heteroatoms. The Morgan fingerprint density at radius 3 is 2.86 bits per heavy atom. The van der Waals surface area contributed by atoms with Crippen LogP contribution in [0, 0.1) is 5.82 Å². The van der Waals surface area contributed by atoms with E-state index in [4.69, 9.17) is 11.6 Å². The molecule has 0 heterocycles. The molecule has 0 amide bonds. The number of benzene rings is 1. The molecule has 1 aromatic carbocycles. The van der Waals surface area contributed by atoms with Crippen LogP contribution in [0.25, 0.3) is 0 Å². The Morgan fingerprint density at radius 1 is 1.57 bits per heavy atom. The van der Waals surface area contributed by atoms with Gasteiger partial charge in [-0.25, -0.2) is 4.39 Å². The van der Waals surface area contributed by atoms with E-state index in [2.05, 4.69) is 11.9 Å². The fraction of sp³-hybridized carbons (Fsp3) is 0.273. The largest absolute Gasteiger partial charge is 0.309 e. The van der Waals surface area contributed by atoms with Gasteiger partial charge < -0.3 is 5.32 Å². The van der Waals surface area contributed by atoms with E-state index in [0.29, 0.717) is 23.7 Å². The van der Waals surface area contributed by atoms with Crippen molar-refractivity contribution in [2.75, 3.05) is 6.54 Å². The topological polar surface area (TPSA) is 12.0 Å². The molecule has 0 fully saturated rings. The first-order valence-corrected chi connectivity index (χ1v) is 4.77. The van der Waals surface area contributed by atoms with Crippen molar-refractivity contribution in [2.45, 2.75) is 13.5 Å². The molecule has 76 valence electrons. The van der Waals surface area contributed by atoms with E-state index in [9.17, 15) is 4.39 Å². The molecule has 0 saturated carbocycles. The van der Waals surface area contributed by atoms with Crippen LogP contribution in [0.3, 0.4) is 0 Å². The number of hydrogen-bond acceptors (Lipinski definition) is 1. The Hall–Kier alpha value is -0.860. The number of nitrogens with one attached hydrogen (secondary N) is 1. The van der Waals surface area contributed by atoms with Crippen molar-refractivity contribution in [3.05, 3.63) is 46.8 Å². The summed E-state index contributed by atoms with van der Waals surface area (Å²) >= 11 is 5.84. The summed E-state index contributed by atoms with van der Waals surface area (Å²) in [4.78, 5) is 0. The van der Waals surface area contributed by atoms with Crippen LogP contribution in [-0.4, -0.2) is 6.54 Å². The van der Waals surface area contributed by atoms with Crippen LogP contribution in [0.15, 0.2) is 30.4 Å². The van der Waals surface area contributed by atoms with E-state index in [0.717, 1.165) is 5.57 Å². The van der Waals surface area contributed by atoms with Crippen molar-refractivity contribution in [3.63, 3.8) is 0 Å². The molecule has 1 nitrogen and oxygen atoms in total. The zero-order chi connectivity index (χ0) is 10.6. The van der Waals surface area contributed by atoms with Crippen LogP contribution < -0.4 is 5.32 Å². The highest BCUT2D eigenvalue weighted by Crippen LogP contribution is 2.18. The average molecular weight is 214 g/mol. The SMILES string of the molecule is C=C(C)CNCc1c(F)cccc1Cl. The number of hydrogen-bond donors (Lipinski definition) is 1. The van der Waals surface area contributed by atoms with E-state index in [1.165, 1.54) is 6.07 Å². The molecule has 0 saturated heterocycles. The summed E-state index contributed by atoms with van der Waals surface area (Å²) in [7, 11) is 0. The van der Waals surface area contributed by atoms with E-state index < -0.39 is 0 Å². The van der Waals surface area contributed by atoms with Crippen molar-refractivity contribution >= 4 is 11.6 Å². The van der Waals surface area contributed by atoms with Gasteiger partial charge in [0.05, 0.1) is 0 Å². The second-order valence-electron chi connectivity index (χ2n) is 3.26. The predicted molar refractivity (Wildman–Crippen MR) is 57.9 cm³/mol. The molecule has 0 radical (unpaired) electrons. The lowest BCUT2D eigenvalue weighted by molar-refractivity contribution is 0.595. The van der Waals surface area contributed by atoms with E-state index >= 15 is 0 Å². The van der Waals surface area contributed by atoms with Gasteiger partial charge >= 0.3 is 0 Å². The summed E-state index contributed by atoms with van der Waals surface area (Å²) in [5.74, 6) is -0.272. The molecule has 0 aliphatic carbocycles. The molecule has 0 bridgehead atoms. The minimum atomic E-state index is -0.272. The zero-order valence-corrected chi connectivity index (χ0v) is 8.87. The molecule has 0 aromatic heterocycles. The van der Waals surface area contributed by atoms with Gasteiger partial charge in [-0.05, 0) is 19.1 Å². The summed E-state index contributed by atoms with van der Waals surface area (Å²) in [6.45, 7) is 6.75. The minimum absolute atomic E-state index is 0.272. The standard InChI is InChI=1S/C11H13ClFN/c1-8(2)6-14-7-9-10(12)4-3-5-11(9)13/h3-5,14H,1,6-7H2,2H3. The molecule has 0 aliphatic heterocycles. The number of halogens is 2. The Kier molecular flexibility index (Phi) is 4.11. The van der Waals surface area contributed by atoms with Gasteiger partial charge in [-0.15, -0.1) is 0 Å². The van der Waals surface area contributed by atoms with Gasteiger partial charge in [0.2, 0.25) is 0 Å². The van der Waals surface area contributed by atoms with Crippen molar-refractivity contribution in [1.29, 1.82) is 0 Å². The van der Waals surface area contributed by atoms with Gasteiger partial charge in [-0.2, -0.15) is 0 Å². The molecule has 0 atom stereocenters. The minimum Gasteiger partial charge on any atom is -0.309 e. The zero-order valence-electron chi connectivity index (χ0n) is 8.11. The fourth-order valence-corrected chi connectivity index (χ4v) is 1.33. The first kappa shape index (κ1) is 11.2. The number of rotatable bonds is 4. The third-order valence-corrected chi connectivity index (χ3v) is 2.14. The van der Waals surface area contributed by atoms with Crippen LogP contribution in [0.1, 0.15) is 12.5 Å². The van der Waals surface area contributed by atoms with E-state index in [1.54, 1.807) is 12.1 Å². The quantitative estimate of drug-likeness (QED) is 0.758. The average Bonchev–Trinajstić information content (AvgIpc) is 2.09. The van der Waals surface area contributed by atoms with E-state index in [-0.39, 0.29) is 5.82 Å².